The van der Waals surface area contributed by atoms with E-state index >= 15 is 0 Å². The molecular formula is C8H14N2OS. The second kappa shape index (κ2) is 3.66. The number of aliphatic imine (C=N–C) groups is 1. The van der Waals surface area contributed by atoms with Crippen LogP contribution in [0.4, 0.5) is 0 Å². The molecule has 3 nitrogen and oxygen atoms in total. The van der Waals surface area contributed by atoms with Gasteiger partial charge in [0.1, 0.15) is 0 Å². The van der Waals surface area contributed by atoms with Gasteiger partial charge in [0.15, 0.2) is 11.4 Å². The van der Waals surface area contributed by atoms with Crippen molar-refractivity contribution < 1.29 is 4.74 Å². The van der Waals surface area contributed by atoms with Crippen LogP contribution in [0.5, 0.6) is 0 Å². The maximum atomic E-state index is 5.60. The van der Waals surface area contributed by atoms with Crippen molar-refractivity contribution in [1.29, 1.82) is 0 Å². The highest BCUT2D eigenvalue weighted by molar-refractivity contribution is 8.13. The minimum Gasteiger partial charge on any atom is -0.378 e. The highest BCUT2D eigenvalue weighted by Crippen LogP contribution is 2.30. The fraction of sp³-hybridized carbons (Fsp3) is 0.875. The lowest BCUT2D eigenvalue weighted by Crippen LogP contribution is -2.23. The highest BCUT2D eigenvalue weighted by Gasteiger charge is 2.23. The Bertz CT molecular complexity index is 191. The van der Waals surface area contributed by atoms with E-state index in [0.29, 0.717) is 5.17 Å². The number of hydrogen-bond donors (Lipinski definition) is 1. The Labute approximate surface area is 76.8 Å². The topological polar surface area (TPSA) is 47.6 Å². The predicted octanol–water partition coefficient (Wildman–Crippen LogP) is 1.19. The van der Waals surface area contributed by atoms with Crippen LogP contribution in [0.2, 0.25) is 0 Å². The molecule has 1 aliphatic carbocycles. The number of ether oxygens (including phenoxy) is 1. The molecule has 1 saturated carbocycles. The standard InChI is InChI=1S/C8H14N2OS/c9-8-10-7(3-4-12-8)11-5-6-1-2-6/h6-7H,1-5H2,(H2,9,10). The molecular weight excluding hydrogens is 172 g/mol. The third kappa shape index (κ3) is 2.38. The molecule has 0 amide bonds. The molecule has 0 aromatic rings. The summed E-state index contributed by atoms with van der Waals surface area (Å²) in [6, 6.07) is 0. The quantitative estimate of drug-likeness (QED) is 0.720. The van der Waals surface area contributed by atoms with Gasteiger partial charge < -0.3 is 10.5 Å². The zero-order valence-electron chi connectivity index (χ0n) is 7.03. The van der Waals surface area contributed by atoms with Crippen LogP contribution in [0, 0.1) is 5.92 Å². The van der Waals surface area contributed by atoms with Crippen LogP contribution in [-0.4, -0.2) is 23.8 Å². The summed E-state index contributed by atoms with van der Waals surface area (Å²) >= 11 is 1.62. The van der Waals surface area contributed by atoms with Gasteiger partial charge in [0.05, 0.1) is 6.61 Å². The molecule has 0 aromatic carbocycles. The number of hydrogen-bond acceptors (Lipinski definition) is 4. The average molecular weight is 186 g/mol. The molecule has 2 N–H and O–H groups in total. The summed E-state index contributed by atoms with van der Waals surface area (Å²) in [6.07, 6.45) is 3.73. The van der Waals surface area contributed by atoms with E-state index in [9.17, 15) is 0 Å². The van der Waals surface area contributed by atoms with E-state index in [1.165, 1.54) is 12.8 Å². The smallest absolute Gasteiger partial charge is 0.156 e. The number of thioether (sulfide) groups is 1. The molecule has 0 aromatic heterocycles. The Kier molecular flexibility index (Phi) is 2.56. The number of nitrogens with two attached hydrogens (primary N) is 1. The summed E-state index contributed by atoms with van der Waals surface area (Å²) < 4.78 is 5.60. The largest absolute Gasteiger partial charge is 0.378 e. The Balaban J connectivity index is 1.74. The Morgan fingerprint density at radius 3 is 3.00 bits per heavy atom. The van der Waals surface area contributed by atoms with Crippen molar-refractivity contribution in [3.8, 4) is 0 Å². The maximum absolute atomic E-state index is 5.60. The lowest BCUT2D eigenvalue weighted by Gasteiger charge is -2.18. The molecule has 0 radical (unpaired) electrons. The van der Waals surface area contributed by atoms with Crippen LogP contribution < -0.4 is 5.73 Å². The van der Waals surface area contributed by atoms with Crippen molar-refractivity contribution in [2.75, 3.05) is 12.4 Å². The molecule has 1 fully saturated rings. The van der Waals surface area contributed by atoms with Gasteiger partial charge in [-0.2, -0.15) is 0 Å². The third-order valence-electron chi connectivity index (χ3n) is 2.11. The zero-order valence-corrected chi connectivity index (χ0v) is 7.85. The Morgan fingerprint density at radius 2 is 2.33 bits per heavy atom. The van der Waals surface area contributed by atoms with E-state index in [-0.39, 0.29) is 6.23 Å². The van der Waals surface area contributed by atoms with Gasteiger partial charge in [0.25, 0.3) is 0 Å². The molecule has 4 heteroatoms. The van der Waals surface area contributed by atoms with Gasteiger partial charge in [-0.25, -0.2) is 4.99 Å². The first kappa shape index (κ1) is 8.38. The molecule has 1 aliphatic heterocycles. The summed E-state index contributed by atoms with van der Waals surface area (Å²) in [5.74, 6) is 1.86. The first-order chi connectivity index (χ1) is 5.84. The van der Waals surface area contributed by atoms with Gasteiger partial charge in [-0.05, 0) is 18.8 Å². The van der Waals surface area contributed by atoms with Crippen LogP contribution in [0.3, 0.4) is 0 Å². The van der Waals surface area contributed by atoms with E-state index in [4.69, 9.17) is 10.5 Å². The van der Waals surface area contributed by atoms with Crippen molar-refractivity contribution in [2.45, 2.75) is 25.5 Å². The number of rotatable bonds is 3. The normalized spacial score (nSPS) is 30.0. The molecule has 1 heterocycles. The predicted molar refractivity (Wildman–Crippen MR) is 51.2 cm³/mol. The first-order valence-corrected chi connectivity index (χ1v) is 5.41. The summed E-state index contributed by atoms with van der Waals surface area (Å²) in [5.41, 5.74) is 5.58. The second-order valence-corrected chi connectivity index (χ2v) is 4.45. The van der Waals surface area contributed by atoms with Gasteiger partial charge in [0.2, 0.25) is 0 Å². The van der Waals surface area contributed by atoms with Gasteiger partial charge >= 0.3 is 0 Å². The van der Waals surface area contributed by atoms with Crippen LogP contribution >= 0.6 is 11.8 Å². The lowest BCUT2D eigenvalue weighted by molar-refractivity contribution is 0.0500. The molecule has 1 atom stereocenters. The van der Waals surface area contributed by atoms with E-state index < -0.39 is 0 Å². The fourth-order valence-corrected chi connectivity index (χ4v) is 1.88. The van der Waals surface area contributed by atoms with Crippen molar-refractivity contribution >= 4 is 16.9 Å². The minimum atomic E-state index is 0.0480. The van der Waals surface area contributed by atoms with Gasteiger partial charge in [-0.1, -0.05) is 11.8 Å². The molecule has 0 spiro atoms. The Morgan fingerprint density at radius 1 is 1.50 bits per heavy atom. The van der Waals surface area contributed by atoms with Crippen LogP contribution in [0.25, 0.3) is 0 Å². The fourth-order valence-electron chi connectivity index (χ4n) is 1.16. The van der Waals surface area contributed by atoms with Gasteiger partial charge in [-0.15, -0.1) is 0 Å². The molecule has 2 rings (SSSR count). The van der Waals surface area contributed by atoms with Crippen LogP contribution in [0.15, 0.2) is 4.99 Å². The van der Waals surface area contributed by atoms with Crippen LogP contribution in [0.1, 0.15) is 19.3 Å². The molecule has 1 unspecified atom stereocenters. The van der Waals surface area contributed by atoms with E-state index in [0.717, 1.165) is 24.7 Å². The van der Waals surface area contributed by atoms with Crippen LogP contribution in [-0.2, 0) is 4.74 Å². The van der Waals surface area contributed by atoms with Crippen molar-refractivity contribution in [1.82, 2.24) is 0 Å². The average Bonchev–Trinajstić information content (AvgIpc) is 2.84. The monoisotopic (exact) mass is 186 g/mol. The molecule has 68 valence electrons. The Hall–Kier alpha value is -0.220. The molecule has 0 bridgehead atoms. The van der Waals surface area contributed by atoms with Crippen molar-refractivity contribution in [3.63, 3.8) is 0 Å². The van der Waals surface area contributed by atoms with Gasteiger partial charge in [0, 0.05) is 12.2 Å². The lowest BCUT2D eigenvalue weighted by atomic mass is 10.4. The summed E-state index contributed by atoms with van der Waals surface area (Å²) in [7, 11) is 0. The number of amidine groups is 1. The van der Waals surface area contributed by atoms with E-state index in [1.54, 1.807) is 11.8 Å². The highest BCUT2D eigenvalue weighted by atomic mass is 32.2. The summed E-state index contributed by atoms with van der Waals surface area (Å²) in [4.78, 5) is 4.22. The summed E-state index contributed by atoms with van der Waals surface area (Å²) in [5, 5.41) is 0.682. The zero-order chi connectivity index (χ0) is 8.39. The van der Waals surface area contributed by atoms with Gasteiger partial charge in [-0.3, -0.25) is 0 Å². The minimum absolute atomic E-state index is 0.0480. The third-order valence-corrected chi connectivity index (χ3v) is 2.95. The molecule has 0 saturated heterocycles. The maximum Gasteiger partial charge on any atom is 0.156 e. The summed E-state index contributed by atoms with van der Waals surface area (Å²) in [6.45, 7) is 0.881. The van der Waals surface area contributed by atoms with E-state index in [1.807, 2.05) is 0 Å². The number of nitrogens with zero attached hydrogens (tertiary/aromatic N) is 1. The first-order valence-electron chi connectivity index (χ1n) is 4.42. The van der Waals surface area contributed by atoms with Crippen molar-refractivity contribution in [2.24, 2.45) is 16.6 Å². The SMILES string of the molecule is NC1=NC(OCC2CC2)CCS1. The molecule has 2 aliphatic rings. The van der Waals surface area contributed by atoms with Crippen molar-refractivity contribution in [3.05, 3.63) is 0 Å². The second-order valence-electron chi connectivity index (χ2n) is 3.34. The van der Waals surface area contributed by atoms with E-state index in [2.05, 4.69) is 4.99 Å². The molecule has 12 heavy (non-hydrogen) atoms.